The van der Waals surface area contributed by atoms with Crippen LogP contribution in [-0.2, 0) is 12.7 Å². The molecule has 0 aliphatic carbocycles. The molecule has 1 aromatic heterocycles. The predicted molar refractivity (Wildman–Crippen MR) is 65.8 cm³/mol. The van der Waals surface area contributed by atoms with E-state index in [0.717, 1.165) is 12.1 Å². The summed E-state index contributed by atoms with van der Waals surface area (Å²) < 4.78 is 37.6. The molecule has 0 fully saturated rings. The average molecular weight is 288 g/mol. The molecule has 0 aliphatic rings. The number of alkyl halides is 3. The second-order valence-corrected chi connectivity index (χ2v) is 4.18. The molecular weight excluding hydrogens is 279 g/mol. The molecule has 0 saturated heterocycles. The number of nitrogens with zero attached hydrogens (tertiary/aromatic N) is 2. The number of benzene rings is 1. The highest BCUT2D eigenvalue weighted by molar-refractivity contribution is 6.29. The molecule has 1 N–H and O–H groups in total. The summed E-state index contributed by atoms with van der Waals surface area (Å²) in [5.74, 6) is 0.446. The number of hydrogen-bond donors (Lipinski definition) is 1. The standard InChI is InChI=1S/C12H9ClF3N3/c13-10-4-5-11(19-18-10)17-7-8-2-1-3-9(6-8)12(14,15)16/h1-6H,7H2,(H,17,19). The monoisotopic (exact) mass is 287 g/mol. The van der Waals surface area contributed by atoms with Crippen molar-refractivity contribution in [1.82, 2.24) is 10.2 Å². The Hall–Kier alpha value is -1.82. The minimum atomic E-state index is -4.34. The molecule has 1 aromatic carbocycles. The lowest BCUT2D eigenvalue weighted by molar-refractivity contribution is -0.137. The fraction of sp³-hybridized carbons (Fsp3) is 0.167. The van der Waals surface area contributed by atoms with Gasteiger partial charge in [-0.2, -0.15) is 13.2 Å². The highest BCUT2D eigenvalue weighted by Gasteiger charge is 2.30. The number of anilines is 1. The van der Waals surface area contributed by atoms with Crippen molar-refractivity contribution in [2.24, 2.45) is 0 Å². The van der Waals surface area contributed by atoms with E-state index in [0.29, 0.717) is 11.4 Å². The first-order valence-corrected chi connectivity index (χ1v) is 5.72. The number of aromatic nitrogens is 2. The molecule has 0 bridgehead atoms. The van der Waals surface area contributed by atoms with Gasteiger partial charge in [-0.3, -0.25) is 0 Å². The van der Waals surface area contributed by atoms with Gasteiger partial charge in [-0.1, -0.05) is 23.7 Å². The number of halogens is 4. The van der Waals surface area contributed by atoms with Crippen molar-refractivity contribution in [2.75, 3.05) is 5.32 Å². The van der Waals surface area contributed by atoms with Gasteiger partial charge < -0.3 is 5.32 Å². The van der Waals surface area contributed by atoms with E-state index in [9.17, 15) is 13.2 Å². The van der Waals surface area contributed by atoms with Crippen LogP contribution in [0.5, 0.6) is 0 Å². The van der Waals surface area contributed by atoms with Crippen LogP contribution in [0.3, 0.4) is 0 Å². The molecule has 0 radical (unpaired) electrons. The van der Waals surface area contributed by atoms with Gasteiger partial charge in [0.25, 0.3) is 0 Å². The summed E-state index contributed by atoms with van der Waals surface area (Å²) in [5, 5.41) is 10.5. The molecule has 0 unspecified atom stereocenters. The first kappa shape index (κ1) is 13.6. The van der Waals surface area contributed by atoms with Gasteiger partial charge in [-0.25, -0.2) is 0 Å². The van der Waals surface area contributed by atoms with Crippen LogP contribution in [0.1, 0.15) is 11.1 Å². The third-order valence-corrected chi connectivity index (χ3v) is 2.56. The summed E-state index contributed by atoms with van der Waals surface area (Å²) in [6, 6.07) is 8.24. The van der Waals surface area contributed by atoms with Crippen LogP contribution in [0, 0.1) is 0 Å². The molecule has 100 valence electrons. The summed E-state index contributed by atoms with van der Waals surface area (Å²) in [5.41, 5.74) is -0.166. The first-order valence-electron chi connectivity index (χ1n) is 5.34. The van der Waals surface area contributed by atoms with E-state index in [1.165, 1.54) is 6.07 Å². The van der Waals surface area contributed by atoms with Crippen molar-refractivity contribution in [3.05, 3.63) is 52.7 Å². The molecular formula is C12H9ClF3N3. The van der Waals surface area contributed by atoms with Gasteiger partial charge in [0, 0.05) is 6.54 Å². The summed E-state index contributed by atoms with van der Waals surface area (Å²) in [4.78, 5) is 0. The van der Waals surface area contributed by atoms with Gasteiger partial charge in [-0.15, -0.1) is 10.2 Å². The Labute approximate surface area is 112 Å². The zero-order chi connectivity index (χ0) is 13.9. The normalized spacial score (nSPS) is 11.4. The molecule has 1 heterocycles. The molecule has 2 aromatic rings. The van der Waals surface area contributed by atoms with Crippen LogP contribution in [0.15, 0.2) is 36.4 Å². The van der Waals surface area contributed by atoms with Crippen LogP contribution in [0.25, 0.3) is 0 Å². The van der Waals surface area contributed by atoms with E-state index in [4.69, 9.17) is 11.6 Å². The highest BCUT2D eigenvalue weighted by atomic mass is 35.5. The van der Waals surface area contributed by atoms with E-state index >= 15 is 0 Å². The van der Waals surface area contributed by atoms with Gasteiger partial charge in [0.1, 0.15) is 5.82 Å². The van der Waals surface area contributed by atoms with Crippen LogP contribution in [0.2, 0.25) is 5.15 Å². The van der Waals surface area contributed by atoms with E-state index in [2.05, 4.69) is 15.5 Å². The van der Waals surface area contributed by atoms with Crippen LogP contribution in [-0.4, -0.2) is 10.2 Å². The molecule has 2 rings (SSSR count). The molecule has 0 saturated carbocycles. The Morgan fingerprint density at radius 1 is 1.11 bits per heavy atom. The smallest absolute Gasteiger partial charge is 0.365 e. The summed E-state index contributed by atoms with van der Waals surface area (Å²) in [6.07, 6.45) is -4.34. The zero-order valence-corrected chi connectivity index (χ0v) is 10.3. The minimum absolute atomic E-state index is 0.222. The van der Waals surface area contributed by atoms with Crippen LogP contribution < -0.4 is 5.32 Å². The lowest BCUT2D eigenvalue weighted by Gasteiger charge is -2.09. The Bertz CT molecular complexity index is 555. The van der Waals surface area contributed by atoms with Crippen molar-refractivity contribution < 1.29 is 13.2 Å². The van der Waals surface area contributed by atoms with Gasteiger partial charge in [0.15, 0.2) is 5.15 Å². The number of rotatable bonds is 3. The van der Waals surface area contributed by atoms with Crippen molar-refractivity contribution in [2.45, 2.75) is 12.7 Å². The van der Waals surface area contributed by atoms with Crippen molar-refractivity contribution in [3.63, 3.8) is 0 Å². The van der Waals surface area contributed by atoms with Gasteiger partial charge >= 0.3 is 6.18 Å². The maximum absolute atomic E-state index is 12.5. The van der Waals surface area contributed by atoms with Crippen molar-refractivity contribution in [1.29, 1.82) is 0 Å². The maximum Gasteiger partial charge on any atom is 0.416 e. The second kappa shape index (κ2) is 5.44. The highest BCUT2D eigenvalue weighted by Crippen LogP contribution is 2.29. The topological polar surface area (TPSA) is 37.8 Å². The molecule has 0 aliphatic heterocycles. The molecule has 0 amide bonds. The molecule has 3 nitrogen and oxygen atoms in total. The fourth-order valence-electron chi connectivity index (χ4n) is 1.46. The SMILES string of the molecule is FC(F)(F)c1cccc(CNc2ccc(Cl)nn2)c1. The van der Waals surface area contributed by atoms with E-state index in [1.54, 1.807) is 18.2 Å². The Balaban J connectivity index is 2.05. The van der Waals surface area contributed by atoms with Crippen molar-refractivity contribution in [3.8, 4) is 0 Å². The van der Waals surface area contributed by atoms with Gasteiger partial charge in [-0.05, 0) is 29.8 Å². The molecule has 7 heteroatoms. The van der Waals surface area contributed by atoms with E-state index < -0.39 is 11.7 Å². The quantitative estimate of drug-likeness (QED) is 0.934. The van der Waals surface area contributed by atoms with E-state index in [-0.39, 0.29) is 11.7 Å². The largest absolute Gasteiger partial charge is 0.416 e. The average Bonchev–Trinajstić information content (AvgIpc) is 2.37. The first-order chi connectivity index (χ1) is 8.95. The van der Waals surface area contributed by atoms with E-state index in [1.807, 2.05) is 0 Å². The number of hydrogen-bond acceptors (Lipinski definition) is 3. The Kier molecular flexibility index (Phi) is 3.90. The third-order valence-electron chi connectivity index (χ3n) is 2.36. The summed E-state index contributed by atoms with van der Waals surface area (Å²) in [6.45, 7) is 0.222. The molecule has 19 heavy (non-hydrogen) atoms. The van der Waals surface area contributed by atoms with Gasteiger partial charge in [0.2, 0.25) is 0 Å². The van der Waals surface area contributed by atoms with Crippen LogP contribution in [0.4, 0.5) is 19.0 Å². The number of nitrogens with one attached hydrogen (secondary N) is 1. The Morgan fingerprint density at radius 2 is 1.89 bits per heavy atom. The van der Waals surface area contributed by atoms with Crippen LogP contribution >= 0.6 is 11.6 Å². The molecule has 0 spiro atoms. The Morgan fingerprint density at radius 3 is 2.53 bits per heavy atom. The predicted octanol–water partition coefficient (Wildman–Crippen LogP) is 3.76. The fourth-order valence-corrected chi connectivity index (χ4v) is 1.56. The third kappa shape index (κ3) is 3.82. The lowest BCUT2D eigenvalue weighted by Crippen LogP contribution is -2.07. The summed E-state index contributed by atoms with van der Waals surface area (Å²) >= 11 is 5.57. The minimum Gasteiger partial charge on any atom is -0.365 e. The van der Waals surface area contributed by atoms with Gasteiger partial charge in [0.05, 0.1) is 5.56 Å². The lowest BCUT2D eigenvalue weighted by atomic mass is 10.1. The second-order valence-electron chi connectivity index (χ2n) is 3.79. The zero-order valence-electron chi connectivity index (χ0n) is 9.58. The summed E-state index contributed by atoms with van der Waals surface area (Å²) in [7, 11) is 0. The maximum atomic E-state index is 12.5. The molecule has 0 atom stereocenters. The van der Waals surface area contributed by atoms with Crippen molar-refractivity contribution >= 4 is 17.4 Å².